The maximum atomic E-state index is 13.9. The molecular formula is C31H46N4O7S. The van der Waals surface area contributed by atoms with E-state index in [1.54, 1.807) is 43.9 Å². The first-order valence-corrected chi connectivity index (χ1v) is 16.1. The fourth-order valence-electron chi connectivity index (χ4n) is 5.62. The van der Waals surface area contributed by atoms with Crippen molar-refractivity contribution < 1.29 is 32.3 Å². The number of nitrogens with zero attached hydrogens (tertiary/aromatic N) is 2. The molecular weight excluding hydrogens is 572 g/mol. The lowest BCUT2D eigenvalue weighted by Gasteiger charge is -2.48. The molecule has 2 N–H and O–H groups in total. The first-order chi connectivity index (χ1) is 20.2. The van der Waals surface area contributed by atoms with Crippen molar-refractivity contribution >= 4 is 27.9 Å². The number of likely N-dealkylation sites (N-methyl/N-ethyl adjacent to an activating group) is 1. The van der Waals surface area contributed by atoms with Crippen LogP contribution >= 0.6 is 0 Å². The van der Waals surface area contributed by atoms with E-state index >= 15 is 0 Å². The van der Waals surface area contributed by atoms with Crippen LogP contribution in [0.15, 0.2) is 54.5 Å². The van der Waals surface area contributed by atoms with Crippen molar-refractivity contribution in [3.63, 3.8) is 0 Å². The second-order valence-corrected chi connectivity index (χ2v) is 14.4. The van der Waals surface area contributed by atoms with Crippen LogP contribution in [-0.2, 0) is 24.3 Å². The van der Waals surface area contributed by atoms with Gasteiger partial charge in [-0.05, 0) is 70.4 Å². The quantitative estimate of drug-likeness (QED) is 0.363. The maximum absolute atomic E-state index is 13.9. The van der Waals surface area contributed by atoms with Gasteiger partial charge in [0.1, 0.15) is 11.6 Å². The standard InChI is InChI=1S/C31H46N4O7S/c1-7-9-13-25(33-29(38)42-30(3,4)5)28(37)35-21-23(20-31(22-35)15-18-41-19-16-31)32-27(36)24-12-10-11-14-26(24)43(39,40)34(6)17-8-2/h7-8,10-12,14,23,25H,1-2,9,13,15-22H2,3-6H3,(H,32,36)(H,33,38). The number of amides is 3. The molecule has 0 aliphatic carbocycles. The summed E-state index contributed by atoms with van der Waals surface area (Å²) in [5.74, 6) is -0.811. The average Bonchev–Trinajstić information content (AvgIpc) is 2.94. The Bertz CT molecular complexity index is 1290. The van der Waals surface area contributed by atoms with Crippen LogP contribution in [0, 0.1) is 5.41 Å². The molecule has 1 spiro atoms. The fourth-order valence-corrected chi connectivity index (χ4v) is 6.95. The summed E-state index contributed by atoms with van der Waals surface area (Å²) in [6.07, 6.45) is 5.34. The minimum Gasteiger partial charge on any atom is -0.444 e. The zero-order valence-electron chi connectivity index (χ0n) is 25.8. The maximum Gasteiger partial charge on any atom is 0.408 e. The summed E-state index contributed by atoms with van der Waals surface area (Å²) in [6.45, 7) is 14.4. The highest BCUT2D eigenvalue weighted by atomic mass is 32.2. The van der Waals surface area contributed by atoms with Gasteiger partial charge in [-0.25, -0.2) is 13.2 Å². The number of allylic oxidation sites excluding steroid dienone is 1. The van der Waals surface area contributed by atoms with Crippen LogP contribution in [-0.4, -0.2) is 93.1 Å². The zero-order chi connectivity index (χ0) is 31.8. The number of benzene rings is 1. The Labute approximate surface area is 255 Å². The molecule has 3 amide bonds. The van der Waals surface area contributed by atoms with Gasteiger partial charge in [0.05, 0.1) is 10.5 Å². The molecule has 0 radical (unpaired) electrons. The molecule has 0 aromatic heterocycles. The number of alkyl carbamates (subject to hydrolysis) is 1. The van der Waals surface area contributed by atoms with Gasteiger partial charge in [0.2, 0.25) is 15.9 Å². The average molecular weight is 619 g/mol. The Morgan fingerprint density at radius 3 is 2.49 bits per heavy atom. The minimum absolute atomic E-state index is 0.0262. The molecule has 0 bridgehead atoms. The van der Waals surface area contributed by atoms with Gasteiger partial charge in [0.25, 0.3) is 5.91 Å². The molecule has 2 heterocycles. The van der Waals surface area contributed by atoms with Gasteiger partial charge in [-0.15, -0.1) is 13.2 Å². The van der Waals surface area contributed by atoms with Crippen LogP contribution in [0.25, 0.3) is 0 Å². The van der Waals surface area contributed by atoms with Gasteiger partial charge < -0.3 is 25.0 Å². The number of nitrogens with one attached hydrogen (secondary N) is 2. The Morgan fingerprint density at radius 2 is 1.86 bits per heavy atom. The molecule has 1 aromatic carbocycles. The lowest BCUT2D eigenvalue weighted by atomic mass is 9.72. The first kappa shape index (κ1) is 34.3. The Balaban J connectivity index is 1.87. The second-order valence-electron chi connectivity index (χ2n) is 12.3. The van der Waals surface area contributed by atoms with Crippen LogP contribution in [0.2, 0.25) is 0 Å². The molecule has 2 fully saturated rings. The van der Waals surface area contributed by atoms with Crippen molar-refractivity contribution in [1.29, 1.82) is 0 Å². The highest BCUT2D eigenvalue weighted by Crippen LogP contribution is 2.40. The number of rotatable bonds is 11. The third-order valence-electron chi connectivity index (χ3n) is 7.70. The van der Waals surface area contributed by atoms with Gasteiger partial charge in [0.15, 0.2) is 0 Å². The van der Waals surface area contributed by atoms with E-state index in [-0.39, 0.29) is 34.9 Å². The van der Waals surface area contributed by atoms with Gasteiger partial charge in [-0.3, -0.25) is 9.59 Å². The fraction of sp³-hybridized carbons (Fsp3) is 0.581. The third-order valence-corrected chi connectivity index (χ3v) is 9.58. The van der Waals surface area contributed by atoms with Crippen LogP contribution in [0.4, 0.5) is 4.79 Å². The monoisotopic (exact) mass is 618 g/mol. The van der Waals surface area contributed by atoms with Gasteiger partial charge in [0, 0.05) is 45.9 Å². The Hall–Kier alpha value is -3.22. The number of carbonyl (C=O) groups is 3. The van der Waals surface area contributed by atoms with E-state index in [4.69, 9.17) is 9.47 Å². The number of piperidine rings is 1. The summed E-state index contributed by atoms with van der Waals surface area (Å²) in [6, 6.07) is 4.79. The molecule has 2 aliphatic heterocycles. The summed E-state index contributed by atoms with van der Waals surface area (Å²) >= 11 is 0. The van der Waals surface area contributed by atoms with Crippen molar-refractivity contribution in [1.82, 2.24) is 19.8 Å². The largest absolute Gasteiger partial charge is 0.444 e. The highest BCUT2D eigenvalue weighted by Gasteiger charge is 2.44. The predicted octanol–water partition coefficient (Wildman–Crippen LogP) is 3.48. The van der Waals surface area contributed by atoms with E-state index in [1.165, 1.54) is 25.3 Å². The summed E-state index contributed by atoms with van der Waals surface area (Å²) < 4.78 is 38.6. The lowest BCUT2D eigenvalue weighted by molar-refractivity contribution is -0.140. The summed E-state index contributed by atoms with van der Waals surface area (Å²) in [5.41, 5.74) is -1.000. The molecule has 0 saturated carbocycles. The molecule has 238 valence electrons. The second kappa shape index (κ2) is 14.5. The number of ether oxygens (including phenoxy) is 2. The number of hydrogen-bond acceptors (Lipinski definition) is 7. The molecule has 2 saturated heterocycles. The van der Waals surface area contributed by atoms with Crippen LogP contribution in [0.1, 0.15) is 63.2 Å². The summed E-state index contributed by atoms with van der Waals surface area (Å²) in [4.78, 5) is 41.8. The van der Waals surface area contributed by atoms with E-state index < -0.39 is 39.7 Å². The topological polar surface area (TPSA) is 134 Å². The molecule has 2 unspecified atom stereocenters. The van der Waals surface area contributed by atoms with Gasteiger partial charge in [-0.1, -0.05) is 24.3 Å². The normalized spacial score (nSPS) is 19.4. The minimum atomic E-state index is -3.95. The molecule has 2 atom stereocenters. The van der Waals surface area contributed by atoms with Crippen LogP contribution < -0.4 is 10.6 Å². The Morgan fingerprint density at radius 1 is 1.19 bits per heavy atom. The predicted molar refractivity (Wildman–Crippen MR) is 164 cm³/mol. The number of sulfonamides is 1. The number of likely N-dealkylation sites (tertiary alicyclic amines) is 1. The summed E-state index contributed by atoms with van der Waals surface area (Å²) in [5, 5.41) is 5.76. The molecule has 2 aliphatic rings. The van der Waals surface area contributed by atoms with E-state index in [0.29, 0.717) is 51.9 Å². The third kappa shape index (κ3) is 9.14. The first-order valence-electron chi connectivity index (χ1n) is 14.7. The molecule has 12 heteroatoms. The molecule has 3 rings (SSSR count). The molecule has 43 heavy (non-hydrogen) atoms. The van der Waals surface area contributed by atoms with Crippen molar-refractivity contribution in [3.8, 4) is 0 Å². The van der Waals surface area contributed by atoms with E-state index in [1.807, 2.05) is 0 Å². The van der Waals surface area contributed by atoms with Crippen molar-refractivity contribution in [2.75, 3.05) is 39.9 Å². The highest BCUT2D eigenvalue weighted by molar-refractivity contribution is 7.89. The zero-order valence-corrected chi connectivity index (χ0v) is 26.6. The molecule has 11 nitrogen and oxygen atoms in total. The van der Waals surface area contributed by atoms with E-state index in [2.05, 4.69) is 23.8 Å². The molecule has 1 aromatic rings. The number of carbonyl (C=O) groups excluding carboxylic acids is 3. The SMILES string of the molecule is C=CCCC(NC(=O)OC(C)(C)C)C(=O)N1CC(NC(=O)c2ccccc2S(=O)(=O)N(C)CC=C)CC2(CCOCC2)C1. The van der Waals surface area contributed by atoms with Crippen molar-refractivity contribution in [3.05, 3.63) is 55.1 Å². The summed E-state index contributed by atoms with van der Waals surface area (Å²) in [7, 11) is -2.52. The van der Waals surface area contributed by atoms with E-state index in [0.717, 1.165) is 4.31 Å². The van der Waals surface area contributed by atoms with Gasteiger partial charge >= 0.3 is 6.09 Å². The smallest absolute Gasteiger partial charge is 0.408 e. The van der Waals surface area contributed by atoms with E-state index in [9.17, 15) is 22.8 Å². The lowest BCUT2D eigenvalue weighted by Crippen LogP contribution is -2.61. The van der Waals surface area contributed by atoms with Crippen molar-refractivity contribution in [2.24, 2.45) is 5.41 Å². The Kier molecular flexibility index (Phi) is 11.6. The van der Waals surface area contributed by atoms with Crippen LogP contribution in [0.3, 0.4) is 0 Å². The van der Waals surface area contributed by atoms with Gasteiger partial charge in [-0.2, -0.15) is 4.31 Å². The number of hydrogen-bond donors (Lipinski definition) is 2. The van der Waals surface area contributed by atoms with Crippen LogP contribution in [0.5, 0.6) is 0 Å². The van der Waals surface area contributed by atoms with Crippen molar-refractivity contribution in [2.45, 2.75) is 75.5 Å².